The van der Waals surface area contributed by atoms with Gasteiger partial charge < -0.3 is 19.8 Å². The Hall–Kier alpha value is -1.80. The Morgan fingerprint density at radius 1 is 0.493 bits per heavy atom. The molecule has 0 saturated carbocycles. The lowest BCUT2D eigenvalue weighted by Crippen LogP contribution is -2.46. The van der Waals surface area contributed by atoms with Crippen LogP contribution in [-0.2, 0) is 18.4 Å². The highest BCUT2D eigenvalue weighted by atomic mass is 31.2. The summed E-state index contributed by atoms with van der Waals surface area (Å²) in [6.45, 7) is 4.79. The second kappa shape index (κ2) is 53.0. The van der Waals surface area contributed by atoms with Crippen molar-refractivity contribution in [1.82, 2.24) is 5.32 Å². The van der Waals surface area contributed by atoms with E-state index in [4.69, 9.17) is 9.05 Å². The standard InChI is InChI=1S/C62H117N2O6P/c1-6-8-10-12-14-16-18-20-21-22-23-24-25-26-27-28-29-30-31-32-33-34-35-36-37-38-39-40-41-42-43-44-46-48-50-52-54-56-62(66)63-60(59-70-71(67,68)69-58-57-64(3,4)5)61(65)55-53-51-49-47-45-19-17-15-13-11-9-7-2/h8,10,14,16,20-21,23-24,26-27,60-61,65H,6-7,9,11-13,15,17-19,22,25,28-59H2,1-5H3,(H-,63,66,67,68)/p+1/b10-8-,16-14-,21-20-,24-23-,27-26-. The molecule has 0 aromatic rings. The number of hydrogen-bond donors (Lipinski definition) is 3. The zero-order valence-electron chi connectivity index (χ0n) is 47.5. The Balaban J connectivity index is 3.90. The lowest BCUT2D eigenvalue weighted by molar-refractivity contribution is -0.870. The molecule has 0 aliphatic heterocycles. The van der Waals surface area contributed by atoms with Gasteiger partial charge in [0.05, 0.1) is 39.9 Å². The monoisotopic (exact) mass is 1020 g/mol. The van der Waals surface area contributed by atoms with Crippen LogP contribution < -0.4 is 5.32 Å². The van der Waals surface area contributed by atoms with Crippen LogP contribution in [0.2, 0.25) is 0 Å². The minimum absolute atomic E-state index is 0.0754. The summed E-state index contributed by atoms with van der Waals surface area (Å²) in [4.78, 5) is 23.3. The second-order valence-corrected chi connectivity index (χ2v) is 23.2. The number of amides is 1. The van der Waals surface area contributed by atoms with Gasteiger partial charge >= 0.3 is 7.82 Å². The number of likely N-dealkylation sites (N-methyl/N-ethyl adjacent to an activating group) is 1. The van der Waals surface area contributed by atoms with Crippen LogP contribution in [-0.4, -0.2) is 73.4 Å². The minimum Gasteiger partial charge on any atom is -0.391 e. The Bertz CT molecular complexity index is 1340. The van der Waals surface area contributed by atoms with Gasteiger partial charge in [-0.1, -0.05) is 274 Å². The third-order valence-electron chi connectivity index (χ3n) is 13.5. The first-order valence-electron chi connectivity index (χ1n) is 30.2. The molecular formula is C62H118N2O6P+. The summed E-state index contributed by atoms with van der Waals surface area (Å²) in [5.74, 6) is -0.142. The molecule has 3 N–H and O–H groups in total. The van der Waals surface area contributed by atoms with Crippen molar-refractivity contribution in [2.24, 2.45) is 0 Å². The molecule has 0 bridgehead atoms. The van der Waals surface area contributed by atoms with Gasteiger partial charge in [-0.05, 0) is 57.8 Å². The first-order chi connectivity index (χ1) is 34.5. The predicted molar refractivity (Wildman–Crippen MR) is 309 cm³/mol. The van der Waals surface area contributed by atoms with Gasteiger partial charge in [0.1, 0.15) is 13.2 Å². The number of unbranched alkanes of at least 4 members (excludes halogenated alkanes) is 32. The molecule has 0 heterocycles. The number of allylic oxidation sites excluding steroid dienone is 10. The number of aliphatic hydroxyl groups excluding tert-OH is 1. The van der Waals surface area contributed by atoms with Crippen molar-refractivity contribution >= 4 is 13.7 Å². The Morgan fingerprint density at radius 3 is 1.24 bits per heavy atom. The maximum atomic E-state index is 13.0. The Labute approximate surface area is 441 Å². The zero-order chi connectivity index (χ0) is 52.0. The van der Waals surface area contributed by atoms with E-state index in [1.54, 1.807) is 0 Å². The third kappa shape index (κ3) is 55.8. The summed E-state index contributed by atoms with van der Waals surface area (Å²) in [6, 6.07) is -0.759. The molecule has 3 atom stereocenters. The van der Waals surface area contributed by atoms with Crippen LogP contribution in [0.3, 0.4) is 0 Å². The van der Waals surface area contributed by atoms with Crippen molar-refractivity contribution in [2.45, 2.75) is 289 Å². The van der Waals surface area contributed by atoms with Crippen molar-refractivity contribution in [2.75, 3.05) is 40.9 Å². The van der Waals surface area contributed by atoms with Crippen molar-refractivity contribution in [3.63, 3.8) is 0 Å². The van der Waals surface area contributed by atoms with E-state index in [1.165, 1.54) is 180 Å². The normalized spacial score (nSPS) is 14.3. The van der Waals surface area contributed by atoms with E-state index in [9.17, 15) is 19.4 Å². The van der Waals surface area contributed by atoms with Gasteiger partial charge in [0.15, 0.2) is 0 Å². The highest BCUT2D eigenvalue weighted by Crippen LogP contribution is 2.43. The third-order valence-corrected chi connectivity index (χ3v) is 14.5. The number of carbonyl (C=O) groups excluding carboxylic acids is 1. The predicted octanol–water partition coefficient (Wildman–Crippen LogP) is 18.5. The van der Waals surface area contributed by atoms with Crippen molar-refractivity contribution in [3.05, 3.63) is 60.8 Å². The van der Waals surface area contributed by atoms with E-state index < -0.39 is 20.0 Å². The fourth-order valence-corrected chi connectivity index (χ4v) is 9.58. The SMILES string of the molecule is CC/C=C\C/C=C\C/C=C\C/C=C\C/C=C\CCCCCCCCCCCCCCCCCCCCCCCC(=O)NC(COP(=O)(O)OCC[N+](C)(C)C)C(O)CCCCCCCCCCCCCC. The van der Waals surface area contributed by atoms with Gasteiger partial charge in [-0.3, -0.25) is 13.8 Å². The van der Waals surface area contributed by atoms with Crippen molar-refractivity contribution in [3.8, 4) is 0 Å². The number of hydrogen-bond acceptors (Lipinski definition) is 5. The fourth-order valence-electron chi connectivity index (χ4n) is 8.84. The topological polar surface area (TPSA) is 105 Å². The van der Waals surface area contributed by atoms with Gasteiger partial charge in [0, 0.05) is 6.42 Å². The number of aliphatic hydroxyl groups is 1. The van der Waals surface area contributed by atoms with E-state index in [2.05, 4.69) is 79.9 Å². The maximum absolute atomic E-state index is 13.0. The lowest BCUT2D eigenvalue weighted by atomic mass is 10.0. The zero-order valence-corrected chi connectivity index (χ0v) is 48.4. The van der Waals surface area contributed by atoms with Gasteiger partial charge in [-0.25, -0.2) is 4.57 Å². The Kier molecular flexibility index (Phi) is 51.7. The summed E-state index contributed by atoms with van der Waals surface area (Å²) in [5.41, 5.74) is 0. The second-order valence-electron chi connectivity index (χ2n) is 21.7. The van der Waals surface area contributed by atoms with Gasteiger partial charge in [0.2, 0.25) is 5.91 Å². The first-order valence-corrected chi connectivity index (χ1v) is 31.6. The summed E-state index contributed by atoms with van der Waals surface area (Å²) in [6.07, 6.45) is 71.6. The number of nitrogens with zero attached hydrogens (tertiary/aromatic N) is 1. The molecule has 0 aromatic heterocycles. The molecule has 3 unspecified atom stereocenters. The molecule has 0 radical (unpaired) electrons. The molecule has 0 saturated heterocycles. The summed E-state index contributed by atoms with van der Waals surface area (Å²) >= 11 is 0. The molecule has 0 rings (SSSR count). The summed E-state index contributed by atoms with van der Waals surface area (Å²) < 4.78 is 23.7. The number of nitrogens with one attached hydrogen (secondary N) is 1. The van der Waals surface area contributed by atoms with Crippen LogP contribution in [0.15, 0.2) is 60.8 Å². The van der Waals surface area contributed by atoms with E-state index >= 15 is 0 Å². The average Bonchev–Trinajstić information content (AvgIpc) is 3.33. The van der Waals surface area contributed by atoms with Crippen LogP contribution in [0.4, 0.5) is 0 Å². The van der Waals surface area contributed by atoms with Gasteiger partial charge in [-0.15, -0.1) is 0 Å². The molecule has 0 aliphatic rings. The number of rotatable bonds is 55. The molecule has 8 nitrogen and oxygen atoms in total. The van der Waals surface area contributed by atoms with E-state index in [0.29, 0.717) is 23.9 Å². The number of carbonyl (C=O) groups is 1. The quantitative estimate of drug-likeness (QED) is 0.0243. The molecule has 0 fully saturated rings. The Morgan fingerprint density at radius 2 is 0.845 bits per heavy atom. The molecular weight excluding hydrogens is 900 g/mol. The molecule has 9 heteroatoms. The number of phosphoric acid groups is 1. The highest BCUT2D eigenvalue weighted by molar-refractivity contribution is 7.47. The molecule has 0 aliphatic carbocycles. The maximum Gasteiger partial charge on any atom is 0.472 e. The first kappa shape index (κ1) is 69.2. The van der Waals surface area contributed by atoms with Crippen LogP contribution in [0, 0.1) is 0 Å². The fraction of sp³-hybridized carbons (Fsp3) is 0.823. The van der Waals surface area contributed by atoms with Gasteiger partial charge in [-0.2, -0.15) is 0 Å². The summed E-state index contributed by atoms with van der Waals surface area (Å²) in [5, 5.41) is 14.0. The molecule has 1 amide bonds. The number of phosphoric ester groups is 1. The lowest BCUT2D eigenvalue weighted by Gasteiger charge is -2.26. The van der Waals surface area contributed by atoms with Crippen molar-refractivity contribution < 1.29 is 32.9 Å². The minimum atomic E-state index is -4.32. The molecule has 0 aromatic carbocycles. The average molecular weight is 1020 g/mol. The van der Waals surface area contributed by atoms with E-state index in [0.717, 1.165) is 70.6 Å². The van der Waals surface area contributed by atoms with E-state index in [-0.39, 0.29) is 19.1 Å². The van der Waals surface area contributed by atoms with Crippen LogP contribution in [0.25, 0.3) is 0 Å². The van der Waals surface area contributed by atoms with Crippen molar-refractivity contribution in [1.29, 1.82) is 0 Å². The smallest absolute Gasteiger partial charge is 0.391 e. The molecule has 0 spiro atoms. The molecule has 71 heavy (non-hydrogen) atoms. The highest BCUT2D eigenvalue weighted by Gasteiger charge is 2.28. The largest absolute Gasteiger partial charge is 0.472 e. The van der Waals surface area contributed by atoms with Crippen LogP contribution in [0.5, 0.6) is 0 Å². The summed E-state index contributed by atoms with van der Waals surface area (Å²) in [7, 11) is 1.62. The van der Waals surface area contributed by atoms with E-state index in [1.807, 2.05) is 21.1 Å². The van der Waals surface area contributed by atoms with Gasteiger partial charge in [0.25, 0.3) is 0 Å². The van der Waals surface area contributed by atoms with Crippen LogP contribution >= 0.6 is 7.82 Å². The van der Waals surface area contributed by atoms with Crippen LogP contribution in [0.1, 0.15) is 277 Å². The molecule has 416 valence electrons. The number of quaternary nitrogens is 1.